The zero-order valence-electron chi connectivity index (χ0n) is 12.9. The average Bonchev–Trinajstić information content (AvgIpc) is 2.50. The van der Waals surface area contributed by atoms with Crippen molar-refractivity contribution in [3.8, 4) is 5.75 Å². The molecule has 2 N–H and O–H groups in total. The summed E-state index contributed by atoms with van der Waals surface area (Å²) in [6.45, 7) is 4.77. The summed E-state index contributed by atoms with van der Waals surface area (Å²) in [6.07, 6.45) is 3.86. The molecule has 0 atom stereocenters. The maximum absolute atomic E-state index is 12.3. The van der Waals surface area contributed by atoms with Crippen LogP contribution in [0, 0.1) is 12.8 Å². The molecule has 116 valence electrons. The molecule has 1 aromatic carbocycles. The van der Waals surface area contributed by atoms with Gasteiger partial charge in [-0.25, -0.2) is 0 Å². The number of ether oxygens (including phenoxy) is 1. The van der Waals surface area contributed by atoms with E-state index in [-0.39, 0.29) is 18.6 Å². The first kappa shape index (κ1) is 15.8. The molecule has 0 bridgehead atoms. The van der Waals surface area contributed by atoms with Crippen molar-refractivity contribution in [3.05, 3.63) is 29.3 Å². The van der Waals surface area contributed by atoms with E-state index >= 15 is 0 Å². The van der Waals surface area contributed by atoms with Gasteiger partial charge in [-0.2, -0.15) is 0 Å². The summed E-state index contributed by atoms with van der Waals surface area (Å²) in [4.78, 5) is 12.3. The molecule has 0 spiro atoms. The van der Waals surface area contributed by atoms with E-state index in [1.54, 1.807) is 0 Å². The molecule has 0 aromatic heterocycles. The number of aryl methyl sites for hydroxylation is 1. The molecule has 1 saturated carbocycles. The van der Waals surface area contributed by atoms with E-state index in [0.717, 1.165) is 37.0 Å². The lowest BCUT2D eigenvalue weighted by Crippen LogP contribution is -2.38. The van der Waals surface area contributed by atoms with Crippen LogP contribution in [0.15, 0.2) is 18.2 Å². The Bertz CT molecular complexity index is 479. The second kappa shape index (κ2) is 7.46. The molecule has 0 radical (unpaired) electrons. The van der Waals surface area contributed by atoms with E-state index in [4.69, 9.17) is 9.84 Å². The zero-order valence-corrected chi connectivity index (χ0v) is 12.9. The molecule has 1 aliphatic rings. The minimum absolute atomic E-state index is 0.0385. The van der Waals surface area contributed by atoms with Gasteiger partial charge in [0, 0.05) is 18.2 Å². The summed E-state index contributed by atoms with van der Waals surface area (Å²) in [5, 5.41) is 12.2. The fourth-order valence-electron chi connectivity index (χ4n) is 2.81. The van der Waals surface area contributed by atoms with Crippen molar-refractivity contribution in [1.82, 2.24) is 5.32 Å². The Morgan fingerprint density at radius 3 is 2.67 bits per heavy atom. The minimum Gasteiger partial charge on any atom is -0.494 e. The van der Waals surface area contributed by atoms with Crippen LogP contribution in [0.5, 0.6) is 5.75 Å². The number of hydrogen-bond donors (Lipinski definition) is 2. The van der Waals surface area contributed by atoms with Crippen LogP contribution in [0.3, 0.4) is 0 Å². The Balaban J connectivity index is 1.96. The highest BCUT2D eigenvalue weighted by Crippen LogP contribution is 2.24. The molecular formula is C17H25NO3. The van der Waals surface area contributed by atoms with E-state index in [1.807, 2.05) is 32.0 Å². The number of benzene rings is 1. The van der Waals surface area contributed by atoms with Gasteiger partial charge < -0.3 is 15.2 Å². The predicted molar refractivity (Wildman–Crippen MR) is 82.6 cm³/mol. The summed E-state index contributed by atoms with van der Waals surface area (Å²) < 4.78 is 5.54. The number of rotatable bonds is 5. The molecule has 0 heterocycles. The van der Waals surface area contributed by atoms with E-state index in [1.165, 1.54) is 0 Å². The molecule has 4 nitrogen and oxygen atoms in total. The van der Waals surface area contributed by atoms with Crippen molar-refractivity contribution in [1.29, 1.82) is 0 Å². The van der Waals surface area contributed by atoms with Gasteiger partial charge in [-0.1, -0.05) is 6.07 Å². The van der Waals surface area contributed by atoms with Crippen molar-refractivity contribution in [2.45, 2.75) is 45.6 Å². The number of aliphatic hydroxyl groups is 1. The highest BCUT2D eigenvalue weighted by atomic mass is 16.5. The number of amides is 1. The molecule has 21 heavy (non-hydrogen) atoms. The average molecular weight is 291 g/mol. The van der Waals surface area contributed by atoms with Crippen LogP contribution in [-0.2, 0) is 0 Å². The van der Waals surface area contributed by atoms with Gasteiger partial charge in [-0.05, 0) is 63.1 Å². The van der Waals surface area contributed by atoms with Crippen LogP contribution in [0.25, 0.3) is 0 Å². The molecule has 4 heteroatoms. The van der Waals surface area contributed by atoms with Crippen LogP contribution in [0.2, 0.25) is 0 Å². The first-order valence-electron chi connectivity index (χ1n) is 7.79. The lowest BCUT2D eigenvalue weighted by atomic mass is 9.86. The predicted octanol–water partition coefficient (Wildman–Crippen LogP) is 2.67. The highest BCUT2D eigenvalue weighted by molar-refractivity contribution is 5.94. The van der Waals surface area contributed by atoms with Gasteiger partial charge in [0.2, 0.25) is 0 Å². The van der Waals surface area contributed by atoms with Crippen LogP contribution in [0.1, 0.15) is 48.5 Å². The molecule has 2 rings (SSSR count). The van der Waals surface area contributed by atoms with Crippen LogP contribution < -0.4 is 10.1 Å². The van der Waals surface area contributed by atoms with Gasteiger partial charge in [0.05, 0.1) is 6.61 Å². The maximum Gasteiger partial charge on any atom is 0.251 e. The Labute approximate surface area is 126 Å². The minimum atomic E-state index is -0.0385. The number of hydrogen-bond acceptors (Lipinski definition) is 3. The summed E-state index contributed by atoms with van der Waals surface area (Å²) >= 11 is 0. The molecule has 0 unspecified atom stereocenters. The fourth-order valence-corrected chi connectivity index (χ4v) is 2.81. The lowest BCUT2D eigenvalue weighted by Gasteiger charge is -2.28. The van der Waals surface area contributed by atoms with E-state index in [0.29, 0.717) is 18.1 Å². The monoisotopic (exact) mass is 291 g/mol. The van der Waals surface area contributed by atoms with Crippen molar-refractivity contribution >= 4 is 5.91 Å². The van der Waals surface area contributed by atoms with Crippen molar-refractivity contribution in [2.75, 3.05) is 13.2 Å². The first-order valence-corrected chi connectivity index (χ1v) is 7.79. The Morgan fingerprint density at radius 2 is 2.05 bits per heavy atom. The number of carbonyl (C=O) groups excluding carboxylic acids is 1. The largest absolute Gasteiger partial charge is 0.494 e. The van der Waals surface area contributed by atoms with Gasteiger partial charge in [0.1, 0.15) is 5.75 Å². The second-order valence-corrected chi connectivity index (χ2v) is 5.79. The molecule has 1 aliphatic carbocycles. The van der Waals surface area contributed by atoms with E-state index < -0.39 is 0 Å². The number of aliphatic hydroxyl groups excluding tert-OH is 1. The van der Waals surface area contributed by atoms with E-state index in [2.05, 4.69) is 5.32 Å². The Morgan fingerprint density at radius 1 is 1.33 bits per heavy atom. The smallest absolute Gasteiger partial charge is 0.251 e. The SMILES string of the molecule is CCOc1cc(C(=O)NC2CCC(CO)CC2)ccc1C. The van der Waals surface area contributed by atoms with Gasteiger partial charge in [-0.15, -0.1) is 0 Å². The quantitative estimate of drug-likeness (QED) is 0.877. The zero-order chi connectivity index (χ0) is 15.2. The second-order valence-electron chi connectivity index (χ2n) is 5.79. The van der Waals surface area contributed by atoms with Crippen molar-refractivity contribution in [2.24, 2.45) is 5.92 Å². The van der Waals surface area contributed by atoms with Gasteiger partial charge in [0.15, 0.2) is 0 Å². The van der Waals surface area contributed by atoms with E-state index in [9.17, 15) is 4.79 Å². The normalized spacial score (nSPS) is 21.9. The topological polar surface area (TPSA) is 58.6 Å². The van der Waals surface area contributed by atoms with Gasteiger partial charge in [-0.3, -0.25) is 4.79 Å². The summed E-state index contributed by atoms with van der Waals surface area (Å²) in [5.74, 6) is 1.14. The van der Waals surface area contributed by atoms with Crippen molar-refractivity contribution < 1.29 is 14.6 Å². The summed E-state index contributed by atoms with van der Waals surface area (Å²) in [7, 11) is 0. The Kier molecular flexibility index (Phi) is 5.62. The Hall–Kier alpha value is -1.55. The van der Waals surface area contributed by atoms with Crippen LogP contribution >= 0.6 is 0 Å². The molecule has 0 aliphatic heterocycles. The van der Waals surface area contributed by atoms with Crippen LogP contribution in [0.4, 0.5) is 0 Å². The summed E-state index contributed by atoms with van der Waals surface area (Å²) in [6, 6.07) is 5.79. The van der Waals surface area contributed by atoms with Crippen LogP contribution in [-0.4, -0.2) is 30.3 Å². The number of nitrogens with one attached hydrogen (secondary N) is 1. The lowest BCUT2D eigenvalue weighted by molar-refractivity contribution is 0.0913. The molecule has 0 saturated heterocycles. The molecule has 1 aromatic rings. The molecule has 1 fully saturated rings. The maximum atomic E-state index is 12.3. The third-order valence-electron chi connectivity index (χ3n) is 4.19. The number of carbonyl (C=O) groups is 1. The molecule has 1 amide bonds. The third-order valence-corrected chi connectivity index (χ3v) is 4.19. The van der Waals surface area contributed by atoms with Gasteiger partial charge in [0.25, 0.3) is 5.91 Å². The third kappa shape index (κ3) is 4.21. The standard InChI is InChI=1S/C17H25NO3/c1-3-21-16-10-14(7-4-12(16)2)17(20)18-15-8-5-13(11-19)6-9-15/h4,7,10,13,15,19H,3,5-6,8-9,11H2,1-2H3,(H,18,20). The molecular weight excluding hydrogens is 266 g/mol. The summed E-state index contributed by atoms with van der Waals surface area (Å²) in [5.41, 5.74) is 1.69. The highest BCUT2D eigenvalue weighted by Gasteiger charge is 2.22. The van der Waals surface area contributed by atoms with Gasteiger partial charge >= 0.3 is 0 Å². The van der Waals surface area contributed by atoms with Crippen molar-refractivity contribution in [3.63, 3.8) is 0 Å². The fraction of sp³-hybridized carbons (Fsp3) is 0.588. The first-order chi connectivity index (χ1) is 10.1.